The smallest absolute Gasteiger partial charge is 0.146 e. The highest BCUT2D eigenvalue weighted by molar-refractivity contribution is 6.41. The van der Waals surface area contributed by atoms with Gasteiger partial charge in [0, 0.05) is 0 Å². The minimum Gasteiger partial charge on any atom is -0.465 e. The molecule has 0 aliphatic heterocycles. The number of hydrogen-bond acceptors (Lipinski definition) is 1. The monoisotopic (exact) mass is 148 g/mol. The third-order valence-corrected chi connectivity index (χ3v) is 5.22. The minimum atomic E-state index is -0.0745. The van der Waals surface area contributed by atoms with E-state index in [0.29, 0.717) is 0 Å². The maximum Gasteiger partial charge on any atom is 0.146 e. The van der Waals surface area contributed by atoms with Crippen molar-refractivity contribution in [3.63, 3.8) is 0 Å². The van der Waals surface area contributed by atoms with Crippen LogP contribution in [0, 0.1) is 5.92 Å². The molecule has 0 fully saturated rings. The van der Waals surface area contributed by atoms with E-state index in [0.717, 1.165) is 5.92 Å². The van der Waals surface area contributed by atoms with E-state index in [1.54, 1.807) is 0 Å². The Morgan fingerprint density at radius 3 is 2.50 bits per heavy atom. The summed E-state index contributed by atoms with van der Waals surface area (Å²) in [7, 11) is -0.142. The van der Waals surface area contributed by atoms with Gasteiger partial charge in [-0.15, -0.1) is 0 Å². The van der Waals surface area contributed by atoms with Gasteiger partial charge in [-0.05, 0) is 12.0 Å². The van der Waals surface area contributed by atoms with E-state index in [4.69, 9.17) is 4.12 Å². The quantitative estimate of drug-likeness (QED) is 0.411. The van der Waals surface area contributed by atoms with Crippen LogP contribution in [0.3, 0.4) is 0 Å². The van der Waals surface area contributed by atoms with Crippen molar-refractivity contribution in [3.8, 4) is 0 Å². The predicted octanol–water partition coefficient (Wildman–Crippen LogP) is 0.293. The van der Waals surface area contributed by atoms with Crippen LogP contribution < -0.4 is 0 Å². The average molecular weight is 148 g/mol. The SMILES string of the molecule is C[SiH2]O[SiH2]CC(C)C. The van der Waals surface area contributed by atoms with Gasteiger partial charge in [-0.25, -0.2) is 0 Å². The molecule has 0 aromatic heterocycles. The molecule has 50 valence electrons. The molecule has 3 heteroatoms. The molecular weight excluding hydrogens is 132 g/mol. The zero-order chi connectivity index (χ0) is 6.41. The highest BCUT2D eigenvalue weighted by Gasteiger charge is 1.91. The lowest BCUT2D eigenvalue weighted by atomic mass is 10.3. The second-order valence-electron chi connectivity index (χ2n) is 2.38. The fraction of sp³-hybridized carbons (Fsp3) is 1.00. The lowest BCUT2D eigenvalue weighted by Crippen LogP contribution is -2.02. The topological polar surface area (TPSA) is 9.23 Å². The molecule has 0 N–H and O–H groups in total. The number of hydrogen-bond donors (Lipinski definition) is 0. The van der Waals surface area contributed by atoms with Crippen molar-refractivity contribution in [1.82, 2.24) is 0 Å². The summed E-state index contributed by atoms with van der Waals surface area (Å²) in [6, 6.07) is 1.36. The van der Waals surface area contributed by atoms with Gasteiger partial charge in [-0.1, -0.05) is 20.4 Å². The van der Waals surface area contributed by atoms with Gasteiger partial charge >= 0.3 is 0 Å². The Morgan fingerprint density at radius 1 is 1.50 bits per heavy atom. The van der Waals surface area contributed by atoms with Crippen LogP contribution in [-0.4, -0.2) is 19.5 Å². The van der Waals surface area contributed by atoms with Crippen molar-refractivity contribution in [2.75, 3.05) is 0 Å². The summed E-state index contributed by atoms with van der Waals surface area (Å²) in [6.45, 7) is 6.72. The van der Waals surface area contributed by atoms with E-state index in [9.17, 15) is 0 Å². The van der Waals surface area contributed by atoms with Gasteiger partial charge in [-0.3, -0.25) is 0 Å². The first kappa shape index (κ1) is 8.39. The Labute approximate surface area is 56.7 Å². The largest absolute Gasteiger partial charge is 0.465 e. The summed E-state index contributed by atoms with van der Waals surface area (Å²) in [5.41, 5.74) is 0. The summed E-state index contributed by atoms with van der Waals surface area (Å²) in [6.07, 6.45) is 0. The molecule has 0 saturated carbocycles. The standard InChI is InChI=1S/C5H16OSi2/c1-5(2)4-8-6-7-3/h5H,4,7-8H2,1-3H3. The van der Waals surface area contributed by atoms with Crippen LogP contribution in [0.25, 0.3) is 0 Å². The van der Waals surface area contributed by atoms with Gasteiger partial charge in [-0.2, -0.15) is 0 Å². The van der Waals surface area contributed by atoms with Gasteiger partial charge < -0.3 is 4.12 Å². The van der Waals surface area contributed by atoms with E-state index >= 15 is 0 Å². The Kier molecular flexibility index (Phi) is 5.80. The lowest BCUT2D eigenvalue weighted by molar-refractivity contribution is 0.612. The van der Waals surface area contributed by atoms with E-state index in [-0.39, 0.29) is 19.5 Å². The summed E-state index contributed by atoms with van der Waals surface area (Å²) in [4.78, 5) is 0. The average Bonchev–Trinajstić information content (AvgIpc) is 1.66. The molecule has 0 unspecified atom stereocenters. The van der Waals surface area contributed by atoms with Crippen LogP contribution in [0.1, 0.15) is 13.8 Å². The van der Waals surface area contributed by atoms with Gasteiger partial charge in [0.25, 0.3) is 0 Å². The summed E-state index contributed by atoms with van der Waals surface area (Å²) in [5, 5.41) is 0. The molecule has 0 aliphatic rings. The van der Waals surface area contributed by atoms with Crippen LogP contribution in [0.5, 0.6) is 0 Å². The third-order valence-electron chi connectivity index (χ3n) is 1.04. The summed E-state index contributed by atoms with van der Waals surface area (Å²) < 4.78 is 5.42. The molecule has 0 bridgehead atoms. The molecule has 0 rings (SSSR count). The molecule has 0 spiro atoms. The van der Waals surface area contributed by atoms with Crippen LogP contribution in [0.15, 0.2) is 0 Å². The minimum absolute atomic E-state index is 0.0673. The Morgan fingerprint density at radius 2 is 2.12 bits per heavy atom. The van der Waals surface area contributed by atoms with Crippen molar-refractivity contribution >= 4 is 19.5 Å². The van der Waals surface area contributed by atoms with Crippen molar-refractivity contribution in [3.05, 3.63) is 0 Å². The highest BCUT2D eigenvalue weighted by atomic mass is 28.3. The zero-order valence-electron chi connectivity index (χ0n) is 6.11. The van der Waals surface area contributed by atoms with Crippen molar-refractivity contribution in [2.24, 2.45) is 5.92 Å². The highest BCUT2D eigenvalue weighted by Crippen LogP contribution is 1.97. The van der Waals surface area contributed by atoms with E-state index in [2.05, 4.69) is 20.4 Å². The van der Waals surface area contributed by atoms with Crippen molar-refractivity contribution in [2.45, 2.75) is 26.4 Å². The Hall–Kier alpha value is 0.394. The molecular formula is C5H16OSi2. The first-order chi connectivity index (χ1) is 3.77. The second-order valence-corrected chi connectivity index (χ2v) is 5.58. The summed E-state index contributed by atoms with van der Waals surface area (Å²) in [5.74, 6) is 0.863. The maximum atomic E-state index is 5.42. The van der Waals surface area contributed by atoms with Gasteiger partial charge in [0.2, 0.25) is 0 Å². The molecule has 0 aliphatic carbocycles. The molecule has 0 radical (unpaired) electrons. The van der Waals surface area contributed by atoms with Gasteiger partial charge in [0.1, 0.15) is 19.5 Å². The molecule has 0 saturated heterocycles. The second kappa shape index (κ2) is 5.53. The first-order valence-electron chi connectivity index (χ1n) is 3.35. The molecule has 0 heterocycles. The van der Waals surface area contributed by atoms with Gasteiger partial charge in [0.15, 0.2) is 0 Å². The van der Waals surface area contributed by atoms with Crippen LogP contribution in [0.2, 0.25) is 12.6 Å². The Bertz CT molecular complexity index is 47.7. The van der Waals surface area contributed by atoms with Crippen LogP contribution in [-0.2, 0) is 4.12 Å². The van der Waals surface area contributed by atoms with E-state index in [1.165, 1.54) is 6.04 Å². The van der Waals surface area contributed by atoms with E-state index in [1.807, 2.05) is 0 Å². The number of rotatable bonds is 4. The van der Waals surface area contributed by atoms with Crippen LogP contribution >= 0.6 is 0 Å². The molecule has 0 atom stereocenters. The van der Waals surface area contributed by atoms with Gasteiger partial charge in [0.05, 0.1) is 0 Å². The molecule has 0 aromatic carbocycles. The fourth-order valence-electron chi connectivity index (χ4n) is 0.463. The van der Waals surface area contributed by atoms with E-state index < -0.39 is 0 Å². The first-order valence-corrected chi connectivity index (χ1v) is 6.92. The maximum absolute atomic E-state index is 5.42. The van der Waals surface area contributed by atoms with Crippen LogP contribution in [0.4, 0.5) is 0 Å². The predicted molar refractivity (Wildman–Crippen MR) is 43.7 cm³/mol. The third kappa shape index (κ3) is 6.39. The van der Waals surface area contributed by atoms with Crippen molar-refractivity contribution < 1.29 is 4.12 Å². The molecule has 8 heavy (non-hydrogen) atoms. The normalized spacial score (nSPS) is 13.5. The lowest BCUT2D eigenvalue weighted by Gasteiger charge is -2.01. The fourth-order valence-corrected chi connectivity index (χ4v) is 2.76. The molecule has 0 aromatic rings. The molecule has 1 nitrogen and oxygen atoms in total. The zero-order valence-corrected chi connectivity index (χ0v) is 8.94. The Balaban J connectivity index is 2.72. The molecule has 0 amide bonds. The summed E-state index contributed by atoms with van der Waals surface area (Å²) >= 11 is 0. The van der Waals surface area contributed by atoms with Crippen molar-refractivity contribution in [1.29, 1.82) is 0 Å².